The molecule has 0 saturated carbocycles. The van der Waals surface area contributed by atoms with Crippen molar-refractivity contribution in [2.24, 2.45) is 5.92 Å². The molecule has 0 bridgehead atoms. The summed E-state index contributed by atoms with van der Waals surface area (Å²) in [6.45, 7) is 7.84. The Balaban J connectivity index is 2.33. The number of hydrogen-bond donors (Lipinski definition) is 1. The highest BCUT2D eigenvalue weighted by Gasteiger charge is 2.21. The number of oxazole rings is 1. The summed E-state index contributed by atoms with van der Waals surface area (Å²) in [5, 5.41) is 8.93. The molecule has 19 heavy (non-hydrogen) atoms. The van der Waals surface area contributed by atoms with Gasteiger partial charge in [0.15, 0.2) is 5.58 Å². The first-order valence-corrected chi connectivity index (χ1v) is 6.40. The van der Waals surface area contributed by atoms with Gasteiger partial charge in [-0.05, 0) is 24.1 Å². The van der Waals surface area contributed by atoms with E-state index in [4.69, 9.17) is 9.52 Å². The van der Waals surface area contributed by atoms with Gasteiger partial charge in [-0.25, -0.2) is 4.98 Å². The molecule has 0 fully saturated rings. The minimum Gasteiger partial charge on any atom is -0.481 e. The van der Waals surface area contributed by atoms with Crippen molar-refractivity contribution < 1.29 is 14.3 Å². The maximum Gasteiger partial charge on any atom is 0.306 e. The third-order valence-electron chi connectivity index (χ3n) is 3.06. The van der Waals surface area contributed by atoms with Crippen LogP contribution in [0, 0.1) is 5.92 Å². The Morgan fingerprint density at radius 3 is 2.68 bits per heavy atom. The molecule has 0 aliphatic carbocycles. The van der Waals surface area contributed by atoms with Crippen LogP contribution in [0.15, 0.2) is 22.6 Å². The van der Waals surface area contributed by atoms with Gasteiger partial charge in [0.1, 0.15) is 5.52 Å². The highest BCUT2D eigenvalue weighted by molar-refractivity contribution is 5.74. The van der Waals surface area contributed by atoms with Gasteiger partial charge in [-0.2, -0.15) is 0 Å². The van der Waals surface area contributed by atoms with Gasteiger partial charge < -0.3 is 9.52 Å². The van der Waals surface area contributed by atoms with Gasteiger partial charge in [-0.1, -0.05) is 33.8 Å². The number of rotatable bonds is 3. The van der Waals surface area contributed by atoms with Gasteiger partial charge in [0.25, 0.3) is 0 Å². The zero-order valence-corrected chi connectivity index (χ0v) is 11.7. The Hall–Kier alpha value is -1.84. The standard InChI is InChI=1S/C15H19NO3/c1-9(13(17)18)7-10-5-6-12-11(8-10)16-14(19-12)15(2,3)4/h5-6,8-9H,7H2,1-4H3,(H,17,18). The van der Waals surface area contributed by atoms with E-state index in [1.165, 1.54) is 0 Å². The highest BCUT2D eigenvalue weighted by atomic mass is 16.4. The molecule has 1 atom stereocenters. The Kier molecular flexibility index (Phi) is 3.35. The Bertz CT molecular complexity index is 607. The average Bonchev–Trinajstić information content (AvgIpc) is 2.71. The van der Waals surface area contributed by atoms with E-state index < -0.39 is 11.9 Å². The summed E-state index contributed by atoms with van der Waals surface area (Å²) < 4.78 is 5.71. The monoisotopic (exact) mass is 261 g/mol. The number of fused-ring (bicyclic) bond motifs is 1. The van der Waals surface area contributed by atoms with Gasteiger partial charge >= 0.3 is 5.97 Å². The van der Waals surface area contributed by atoms with Crippen LogP contribution >= 0.6 is 0 Å². The smallest absolute Gasteiger partial charge is 0.306 e. The average molecular weight is 261 g/mol. The molecule has 1 aromatic carbocycles. The molecule has 1 heterocycles. The number of carbonyl (C=O) groups is 1. The normalized spacial score (nSPS) is 13.7. The molecule has 2 aromatic rings. The first-order valence-electron chi connectivity index (χ1n) is 6.40. The van der Waals surface area contributed by atoms with Crippen molar-refractivity contribution >= 4 is 17.1 Å². The van der Waals surface area contributed by atoms with E-state index in [0.717, 1.165) is 16.7 Å². The molecule has 4 heteroatoms. The molecule has 4 nitrogen and oxygen atoms in total. The maximum atomic E-state index is 10.9. The Morgan fingerprint density at radius 2 is 2.11 bits per heavy atom. The van der Waals surface area contributed by atoms with Crippen molar-refractivity contribution in [2.45, 2.75) is 39.5 Å². The van der Waals surface area contributed by atoms with Crippen molar-refractivity contribution in [1.82, 2.24) is 4.98 Å². The number of carboxylic acids is 1. The summed E-state index contributed by atoms with van der Waals surface area (Å²) in [4.78, 5) is 15.4. The van der Waals surface area contributed by atoms with Crippen LogP contribution < -0.4 is 0 Å². The Labute approximate surface area is 112 Å². The number of aromatic nitrogens is 1. The Morgan fingerprint density at radius 1 is 1.42 bits per heavy atom. The van der Waals surface area contributed by atoms with Crippen LogP contribution in [0.25, 0.3) is 11.1 Å². The molecule has 1 aromatic heterocycles. The van der Waals surface area contributed by atoms with E-state index >= 15 is 0 Å². The highest BCUT2D eigenvalue weighted by Crippen LogP contribution is 2.26. The zero-order valence-electron chi connectivity index (χ0n) is 11.7. The van der Waals surface area contributed by atoms with Crippen LogP contribution in [0.5, 0.6) is 0 Å². The van der Waals surface area contributed by atoms with Crippen LogP contribution in [0.3, 0.4) is 0 Å². The van der Waals surface area contributed by atoms with Crippen molar-refractivity contribution in [3.8, 4) is 0 Å². The second kappa shape index (κ2) is 4.68. The molecular weight excluding hydrogens is 242 g/mol. The lowest BCUT2D eigenvalue weighted by Crippen LogP contribution is -2.12. The molecule has 102 valence electrons. The predicted octanol–water partition coefficient (Wildman–Crippen LogP) is 3.39. The first kappa shape index (κ1) is 13.6. The third kappa shape index (κ3) is 2.95. The molecule has 0 aliphatic heterocycles. The summed E-state index contributed by atoms with van der Waals surface area (Å²) in [6.07, 6.45) is 0.503. The van der Waals surface area contributed by atoms with E-state index in [1.54, 1.807) is 6.92 Å². The van der Waals surface area contributed by atoms with Crippen molar-refractivity contribution in [3.63, 3.8) is 0 Å². The van der Waals surface area contributed by atoms with Crippen molar-refractivity contribution in [1.29, 1.82) is 0 Å². The SMILES string of the molecule is CC(Cc1ccc2oc(C(C)(C)C)nc2c1)C(=O)O. The topological polar surface area (TPSA) is 63.3 Å². The van der Waals surface area contributed by atoms with Gasteiger partial charge in [0.05, 0.1) is 5.92 Å². The number of hydrogen-bond acceptors (Lipinski definition) is 3. The third-order valence-corrected chi connectivity index (χ3v) is 3.06. The van der Waals surface area contributed by atoms with Gasteiger partial charge in [-0.3, -0.25) is 4.79 Å². The summed E-state index contributed by atoms with van der Waals surface area (Å²) in [5.41, 5.74) is 2.38. The number of benzene rings is 1. The lowest BCUT2D eigenvalue weighted by Gasteiger charge is -2.11. The van der Waals surface area contributed by atoms with Crippen LogP contribution in [0.4, 0.5) is 0 Å². The van der Waals surface area contributed by atoms with E-state index in [1.807, 2.05) is 39.0 Å². The van der Waals surface area contributed by atoms with Crippen LogP contribution in [-0.4, -0.2) is 16.1 Å². The van der Waals surface area contributed by atoms with Crippen molar-refractivity contribution in [3.05, 3.63) is 29.7 Å². The fourth-order valence-corrected chi connectivity index (χ4v) is 1.86. The lowest BCUT2D eigenvalue weighted by molar-refractivity contribution is -0.141. The fourth-order valence-electron chi connectivity index (χ4n) is 1.86. The van der Waals surface area contributed by atoms with Crippen LogP contribution in [0.1, 0.15) is 39.1 Å². The lowest BCUT2D eigenvalue weighted by atomic mass is 9.97. The fraction of sp³-hybridized carbons (Fsp3) is 0.467. The van der Waals surface area contributed by atoms with E-state index in [0.29, 0.717) is 12.3 Å². The minimum absolute atomic E-state index is 0.131. The summed E-state index contributed by atoms with van der Waals surface area (Å²) in [5.74, 6) is -0.479. The summed E-state index contributed by atoms with van der Waals surface area (Å²) in [6, 6.07) is 5.67. The largest absolute Gasteiger partial charge is 0.481 e. The second-order valence-corrected chi connectivity index (χ2v) is 6.01. The first-order chi connectivity index (χ1) is 8.77. The van der Waals surface area contributed by atoms with Crippen LogP contribution in [-0.2, 0) is 16.6 Å². The number of aliphatic carboxylic acids is 1. The quantitative estimate of drug-likeness (QED) is 0.919. The van der Waals surface area contributed by atoms with Crippen LogP contribution in [0.2, 0.25) is 0 Å². The van der Waals surface area contributed by atoms with E-state index in [9.17, 15) is 4.79 Å². The molecule has 0 spiro atoms. The number of carboxylic acid groups (broad SMARTS) is 1. The maximum absolute atomic E-state index is 10.9. The predicted molar refractivity (Wildman–Crippen MR) is 73.2 cm³/mol. The molecule has 0 aliphatic rings. The zero-order chi connectivity index (χ0) is 14.2. The van der Waals surface area contributed by atoms with Gasteiger partial charge in [-0.15, -0.1) is 0 Å². The van der Waals surface area contributed by atoms with Crippen molar-refractivity contribution in [2.75, 3.05) is 0 Å². The summed E-state index contributed by atoms with van der Waals surface area (Å²) in [7, 11) is 0. The summed E-state index contributed by atoms with van der Waals surface area (Å²) >= 11 is 0. The van der Waals surface area contributed by atoms with Gasteiger partial charge in [0, 0.05) is 5.41 Å². The molecule has 1 unspecified atom stereocenters. The minimum atomic E-state index is -0.782. The van der Waals surface area contributed by atoms with Gasteiger partial charge in [0.2, 0.25) is 5.89 Å². The molecule has 2 rings (SSSR count). The molecular formula is C15H19NO3. The second-order valence-electron chi connectivity index (χ2n) is 6.01. The number of nitrogens with zero attached hydrogens (tertiary/aromatic N) is 1. The van der Waals surface area contributed by atoms with E-state index in [-0.39, 0.29) is 5.41 Å². The molecule has 0 saturated heterocycles. The molecule has 0 radical (unpaired) electrons. The van der Waals surface area contributed by atoms with E-state index in [2.05, 4.69) is 4.98 Å². The molecule has 0 amide bonds. The molecule has 1 N–H and O–H groups in total.